The number of sulfonamides is 1. The molecule has 0 aromatic heterocycles. The minimum atomic E-state index is -4.52. The molecule has 1 N–H and O–H groups in total. The highest BCUT2D eigenvalue weighted by Gasteiger charge is 2.25. The summed E-state index contributed by atoms with van der Waals surface area (Å²) >= 11 is 0. The van der Waals surface area contributed by atoms with Crippen LogP contribution in [0.4, 0.5) is 20.2 Å². The number of nitro groups is 1. The third-order valence-electron chi connectivity index (χ3n) is 2.85. The Kier molecular flexibility index (Phi) is 4.45. The van der Waals surface area contributed by atoms with Gasteiger partial charge >= 0.3 is 0 Å². The van der Waals surface area contributed by atoms with Crippen molar-refractivity contribution in [2.75, 3.05) is 11.8 Å². The van der Waals surface area contributed by atoms with Crippen molar-refractivity contribution in [3.8, 4) is 5.75 Å². The fourth-order valence-electron chi connectivity index (χ4n) is 1.77. The first-order chi connectivity index (χ1) is 10.8. The molecule has 0 radical (unpaired) electrons. The van der Waals surface area contributed by atoms with Gasteiger partial charge in [0.25, 0.3) is 15.7 Å². The smallest absolute Gasteiger partial charge is 0.271 e. The molecule has 122 valence electrons. The highest BCUT2D eigenvalue weighted by atomic mass is 32.2. The third kappa shape index (κ3) is 3.37. The number of nitrogens with zero attached hydrogens (tertiary/aromatic N) is 1. The Labute approximate surface area is 129 Å². The van der Waals surface area contributed by atoms with Gasteiger partial charge in [0.2, 0.25) is 0 Å². The fourth-order valence-corrected chi connectivity index (χ4v) is 3.04. The van der Waals surface area contributed by atoms with E-state index in [1.165, 1.54) is 0 Å². The minimum Gasteiger partial charge on any atom is -0.495 e. The summed E-state index contributed by atoms with van der Waals surface area (Å²) in [6.45, 7) is 0. The van der Waals surface area contributed by atoms with Crippen molar-refractivity contribution in [1.82, 2.24) is 0 Å². The van der Waals surface area contributed by atoms with Crippen LogP contribution in [0.3, 0.4) is 0 Å². The van der Waals surface area contributed by atoms with Crippen LogP contribution in [0, 0.1) is 21.7 Å². The van der Waals surface area contributed by atoms with Crippen molar-refractivity contribution in [3.63, 3.8) is 0 Å². The molecule has 0 aliphatic heterocycles. The van der Waals surface area contributed by atoms with Gasteiger partial charge in [0.1, 0.15) is 28.0 Å². The molecule has 0 heterocycles. The Hall–Kier alpha value is -2.75. The van der Waals surface area contributed by atoms with Crippen LogP contribution in [0.25, 0.3) is 0 Å². The number of nitrogens with one attached hydrogen (secondary N) is 1. The summed E-state index contributed by atoms with van der Waals surface area (Å²) in [5, 5.41) is 10.8. The molecule has 10 heteroatoms. The summed E-state index contributed by atoms with van der Waals surface area (Å²) in [5.41, 5.74) is -1.40. The van der Waals surface area contributed by atoms with Crippen LogP contribution >= 0.6 is 0 Å². The van der Waals surface area contributed by atoms with Crippen LogP contribution in [0.15, 0.2) is 41.3 Å². The van der Waals surface area contributed by atoms with Gasteiger partial charge in [0.15, 0.2) is 0 Å². The number of ether oxygens (including phenoxy) is 1. The normalized spacial score (nSPS) is 11.1. The Balaban J connectivity index is 2.55. The predicted molar refractivity (Wildman–Crippen MR) is 76.8 cm³/mol. The van der Waals surface area contributed by atoms with Crippen molar-refractivity contribution in [2.24, 2.45) is 0 Å². The van der Waals surface area contributed by atoms with Crippen LogP contribution in [0.2, 0.25) is 0 Å². The van der Waals surface area contributed by atoms with Crippen LogP contribution < -0.4 is 9.46 Å². The zero-order valence-electron chi connectivity index (χ0n) is 11.6. The molecule has 0 saturated carbocycles. The average Bonchev–Trinajstić information content (AvgIpc) is 2.50. The number of rotatable bonds is 5. The summed E-state index contributed by atoms with van der Waals surface area (Å²) in [6, 6.07) is 5.65. The van der Waals surface area contributed by atoms with E-state index in [9.17, 15) is 27.3 Å². The monoisotopic (exact) mass is 344 g/mol. The molecular formula is C13H10F2N2O5S. The van der Waals surface area contributed by atoms with Crippen LogP contribution in [0.1, 0.15) is 0 Å². The number of nitro benzene ring substituents is 1. The lowest BCUT2D eigenvalue weighted by Gasteiger charge is -2.12. The van der Waals surface area contributed by atoms with Crippen molar-refractivity contribution in [3.05, 3.63) is 58.1 Å². The second kappa shape index (κ2) is 6.16. The van der Waals surface area contributed by atoms with Crippen LogP contribution in [0.5, 0.6) is 5.75 Å². The topological polar surface area (TPSA) is 98.5 Å². The number of benzene rings is 2. The maximum atomic E-state index is 13.6. The molecule has 2 aromatic rings. The highest BCUT2D eigenvalue weighted by molar-refractivity contribution is 7.92. The second-order valence-corrected chi connectivity index (χ2v) is 5.95. The van der Waals surface area contributed by atoms with E-state index in [1.54, 1.807) is 4.72 Å². The minimum absolute atomic E-state index is 0.208. The van der Waals surface area contributed by atoms with Gasteiger partial charge < -0.3 is 4.74 Å². The van der Waals surface area contributed by atoms with E-state index in [0.29, 0.717) is 0 Å². The first kappa shape index (κ1) is 16.6. The third-order valence-corrected chi connectivity index (χ3v) is 4.22. The Morgan fingerprint density at radius 1 is 1.17 bits per heavy atom. The molecule has 0 aliphatic rings. The predicted octanol–water partition coefficient (Wildman–Crippen LogP) is 2.68. The zero-order chi connectivity index (χ0) is 17.2. The number of hydrogen-bond acceptors (Lipinski definition) is 5. The largest absolute Gasteiger partial charge is 0.495 e. The Bertz CT molecular complexity index is 850. The van der Waals surface area contributed by atoms with E-state index in [4.69, 9.17) is 4.74 Å². The molecule has 2 rings (SSSR count). The van der Waals surface area contributed by atoms with E-state index < -0.39 is 42.9 Å². The molecule has 0 aliphatic carbocycles. The van der Waals surface area contributed by atoms with Crippen LogP contribution in [-0.4, -0.2) is 20.5 Å². The average molecular weight is 344 g/mol. The fraction of sp³-hybridized carbons (Fsp3) is 0.0769. The van der Waals surface area contributed by atoms with E-state index in [2.05, 4.69) is 0 Å². The first-order valence-corrected chi connectivity index (χ1v) is 7.54. The molecule has 7 nitrogen and oxygen atoms in total. The van der Waals surface area contributed by atoms with Gasteiger partial charge in [-0.1, -0.05) is 6.07 Å². The number of non-ortho nitro benzene ring substituents is 1. The number of para-hydroxylation sites is 1. The van der Waals surface area contributed by atoms with E-state index in [-0.39, 0.29) is 5.75 Å². The summed E-state index contributed by atoms with van der Waals surface area (Å²) in [4.78, 5) is 9.36. The maximum Gasteiger partial charge on any atom is 0.271 e. The van der Waals surface area contributed by atoms with Gasteiger partial charge in [0, 0.05) is 12.1 Å². The summed E-state index contributed by atoms with van der Waals surface area (Å²) in [6.07, 6.45) is 0. The molecule has 0 unspecified atom stereocenters. The first-order valence-electron chi connectivity index (χ1n) is 6.05. The van der Waals surface area contributed by atoms with Gasteiger partial charge in [-0.05, 0) is 18.2 Å². The lowest BCUT2D eigenvalue weighted by atomic mass is 10.3. The number of methoxy groups -OCH3 is 1. The van der Waals surface area contributed by atoms with Gasteiger partial charge in [0.05, 0.1) is 12.0 Å². The van der Waals surface area contributed by atoms with Gasteiger partial charge in [-0.15, -0.1) is 0 Å². The van der Waals surface area contributed by atoms with Crippen molar-refractivity contribution in [2.45, 2.75) is 4.90 Å². The maximum absolute atomic E-state index is 13.6. The second-order valence-electron chi connectivity index (χ2n) is 4.29. The molecule has 0 spiro atoms. The lowest BCUT2D eigenvalue weighted by Crippen LogP contribution is -2.16. The Morgan fingerprint density at radius 3 is 2.30 bits per heavy atom. The Morgan fingerprint density at radius 2 is 1.78 bits per heavy atom. The molecule has 0 saturated heterocycles. The number of anilines is 1. The van der Waals surface area contributed by atoms with E-state index in [0.717, 1.165) is 43.5 Å². The van der Waals surface area contributed by atoms with E-state index >= 15 is 0 Å². The number of hydrogen-bond donors (Lipinski definition) is 1. The van der Waals surface area contributed by atoms with Crippen LogP contribution in [-0.2, 0) is 10.0 Å². The molecule has 23 heavy (non-hydrogen) atoms. The van der Waals surface area contributed by atoms with Crippen molar-refractivity contribution >= 4 is 21.4 Å². The highest BCUT2D eigenvalue weighted by Crippen LogP contribution is 2.30. The number of halogens is 2. The summed E-state index contributed by atoms with van der Waals surface area (Å²) in [5.74, 6) is -2.46. The van der Waals surface area contributed by atoms with E-state index in [1.807, 2.05) is 0 Å². The van der Waals surface area contributed by atoms with Crippen molar-refractivity contribution < 1.29 is 26.9 Å². The zero-order valence-corrected chi connectivity index (χ0v) is 12.4. The molecular weight excluding hydrogens is 334 g/mol. The van der Waals surface area contributed by atoms with Gasteiger partial charge in [-0.2, -0.15) is 0 Å². The molecule has 0 amide bonds. The molecule has 0 fully saturated rings. The molecule has 0 bridgehead atoms. The van der Waals surface area contributed by atoms with Gasteiger partial charge in [-0.25, -0.2) is 17.2 Å². The molecule has 2 aromatic carbocycles. The quantitative estimate of drug-likeness (QED) is 0.664. The summed E-state index contributed by atoms with van der Waals surface area (Å²) in [7, 11) is -3.36. The molecule has 0 atom stereocenters. The lowest BCUT2D eigenvalue weighted by molar-refractivity contribution is -0.385. The van der Waals surface area contributed by atoms with Gasteiger partial charge in [-0.3, -0.25) is 14.8 Å². The van der Waals surface area contributed by atoms with Crippen molar-refractivity contribution in [1.29, 1.82) is 0 Å². The SMILES string of the molecule is COc1ccc([N+](=O)[O-])cc1S(=O)(=O)Nc1c(F)cccc1F. The summed E-state index contributed by atoms with van der Waals surface area (Å²) < 4.78 is 58.4. The standard InChI is InChI=1S/C13H10F2N2O5S/c1-22-11-6-5-8(17(18)19)7-12(11)23(20,21)16-13-9(14)3-2-4-10(13)15/h2-7,16H,1H3.